The van der Waals surface area contributed by atoms with Gasteiger partial charge in [0.25, 0.3) is 0 Å². The summed E-state index contributed by atoms with van der Waals surface area (Å²) in [5.74, 6) is 0. The number of likely N-dealkylation sites (tertiary alicyclic amines) is 1. The minimum absolute atomic E-state index is 0.505. The molecule has 0 spiro atoms. The highest BCUT2D eigenvalue weighted by molar-refractivity contribution is 5.09. The van der Waals surface area contributed by atoms with Crippen LogP contribution >= 0.6 is 0 Å². The first-order chi connectivity index (χ1) is 10.3. The number of aromatic nitrogens is 2. The molecule has 0 aromatic carbocycles. The standard InChI is InChI=1S/C17H30N4/c1-3-9-20-10-7-15(8-11-20)21-13-18-12-17(21)16-6-4-5-14(2)19-16/h12-16,19H,3-11H2,1-2H3. The van der Waals surface area contributed by atoms with E-state index in [-0.39, 0.29) is 0 Å². The summed E-state index contributed by atoms with van der Waals surface area (Å²) >= 11 is 0. The van der Waals surface area contributed by atoms with Gasteiger partial charge in [-0.15, -0.1) is 0 Å². The Morgan fingerprint density at radius 1 is 1.24 bits per heavy atom. The van der Waals surface area contributed by atoms with Gasteiger partial charge in [-0.05, 0) is 52.0 Å². The minimum atomic E-state index is 0.505. The number of hydrogen-bond acceptors (Lipinski definition) is 3. The molecule has 1 aromatic rings. The van der Waals surface area contributed by atoms with E-state index in [1.165, 1.54) is 63.9 Å². The fraction of sp³-hybridized carbons (Fsp3) is 0.824. The normalized spacial score (nSPS) is 28.9. The summed E-state index contributed by atoms with van der Waals surface area (Å²) in [4.78, 5) is 7.07. The van der Waals surface area contributed by atoms with E-state index in [4.69, 9.17) is 0 Å². The van der Waals surface area contributed by atoms with Gasteiger partial charge in [-0.2, -0.15) is 0 Å². The molecule has 4 heteroatoms. The summed E-state index contributed by atoms with van der Waals surface area (Å²) in [6.07, 6.45) is 11.9. The monoisotopic (exact) mass is 290 g/mol. The van der Waals surface area contributed by atoms with Gasteiger partial charge in [-0.1, -0.05) is 6.92 Å². The Bertz CT molecular complexity index is 434. The number of hydrogen-bond donors (Lipinski definition) is 1. The van der Waals surface area contributed by atoms with Crippen LogP contribution in [0.2, 0.25) is 0 Å². The molecule has 2 unspecified atom stereocenters. The number of nitrogens with one attached hydrogen (secondary N) is 1. The number of rotatable bonds is 4. The third kappa shape index (κ3) is 3.49. The van der Waals surface area contributed by atoms with Crippen LogP contribution in [-0.4, -0.2) is 40.1 Å². The molecule has 21 heavy (non-hydrogen) atoms. The Balaban J connectivity index is 1.65. The van der Waals surface area contributed by atoms with E-state index in [1.807, 2.05) is 0 Å². The Morgan fingerprint density at radius 3 is 2.76 bits per heavy atom. The molecule has 4 nitrogen and oxygen atoms in total. The maximum absolute atomic E-state index is 4.46. The van der Waals surface area contributed by atoms with Crippen molar-refractivity contribution in [2.24, 2.45) is 0 Å². The molecule has 3 rings (SSSR count). The molecule has 3 heterocycles. The van der Waals surface area contributed by atoms with Gasteiger partial charge in [0, 0.05) is 37.4 Å². The van der Waals surface area contributed by atoms with Crippen LogP contribution in [0.3, 0.4) is 0 Å². The third-order valence-corrected chi connectivity index (χ3v) is 5.16. The van der Waals surface area contributed by atoms with Gasteiger partial charge in [0.05, 0.1) is 12.0 Å². The average molecular weight is 290 g/mol. The zero-order valence-corrected chi connectivity index (χ0v) is 13.6. The predicted octanol–water partition coefficient (Wildman–Crippen LogP) is 3.13. The Kier molecular flexibility index (Phi) is 4.96. The SMILES string of the molecule is CCCN1CCC(n2cncc2C2CCCC(C)N2)CC1. The summed E-state index contributed by atoms with van der Waals surface area (Å²) in [6, 6.07) is 1.79. The van der Waals surface area contributed by atoms with Gasteiger partial charge in [-0.3, -0.25) is 0 Å². The maximum Gasteiger partial charge on any atom is 0.0951 e. The molecule has 0 aliphatic carbocycles. The Morgan fingerprint density at radius 2 is 2.05 bits per heavy atom. The molecule has 2 atom stereocenters. The van der Waals surface area contributed by atoms with Crippen molar-refractivity contribution < 1.29 is 0 Å². The second-order valence-corrected chi connectivity index (χ2v) is 6.85. The lowest BCUT2D eigenvalue weighted by Gasteiger charge is -2.35. The van der Waals surface area contributed by atoms with E-state index in [0.717, 1.165) is 0 Å². The van der Waals surface area contributed by atoms with E-state index in [1.54, 1.807) is 0 Å². The first kappa shape index (κ1) is 15.0. The lowest BCUT2D eigenvalue weighted by atomic mass is 9.96. The van der Waals surface area contributed by atoms with Crippen LogP contribution in [0.4, 0.5) is 0 Å². The zero-order valence-electron chi connectivity index (χ0n) is 13.6. The van der Waals surface area contributed by atoms with Gasteiger partial charge in [0.2, 0.25) is 0 Å². The summed E-state index contributed by atoms with van der Waals surface area (Å²) in [5, 5.41) is 3.76. The van der Waals surface area contributed by atoms with Gasteiger partial charge in [0.1, 0.15) is 0 Å². The lowest BCUT2D eigenvalue weighted by molar-refractivity contribution is 0.182. The topological polar surface area (TPSA) is 33.1 Å². The molecular formula is C17H30N4. The van der Waals surface area contributed by atoms with Crippen LogP contribution in [-0.2, 0) is 0 Å². The molecule has 1 aromatic heterocycles. The van der Waals surface area contributed by atoms with Gasteiger partial charge >= 0.3 is 0 Å². The zero-order chi connectivity index (χ0) is 14.7. The molecule has 2 fully saturated rings. The molecular weight excluding hydrogens is 260 g/mol. The van der Waals surface area contributed by atoms with Crippen LogP contribution in [0.15, 0.2) is 12.5 Å². The van der Waals surface area contributed by atoms with E-state index in [2.05, 4.69) is 46.1 Å². The molecule has 0 saturated carbocycles. The molecule has 1 N–H and O–H groups in total. The van der Waals surface area contributed by atoms with E-state index in [0.29, 0.717) is 18.1 Å². The fourth-order valence-electron chi connectivity index (χ4n) is 4.00. The summed E-state index contributed by atoms with van der Waals surface area (Å²) in [5.41, 5.74) is 1.41. The highest BCUT2D eigenvalue weighted by Crippen LogP contribution is 2.30. The number of nitrogens with zero attached hydrogens (tertiary/aromatic N) is 3. The van der Waals surface area contributed by atoms with Crippen molar-refractivity contribution >= 4 is 0 Å². The van der Waals surface area contributed by atoms with Gasteiger partial charge in [0.15, 0.2) is 0 Å². The largest absolute Gasteiger partial charge is 0.330 e. The van der Waals surface area contributed by atoms with Crippen LogP contribution in [0.5, 0.6) is 0 Å². The Labute approximate surface area is 128 Å². The molecule has 2 aliphatic rings. The second kappa shape index (κ2) is 6.93. The van der Waals surface area contributed by atoms with Crippen LogP contribution in [0.1, 0.15) is 70.2 Å². The van der Waals surface area contributed by atoms with Crippen molar-refractivity contribution in [3.63, 3.8) is 0 Å². The van der Waals surface area contributed by atoms with Gasteiger partial charge < -0.3 is 14.8 Å². The van der Waals surface area contributed by atoms with E-state index < -0.39 is 0 Å². The lowest BCUT2D eigenvalue weighted by Crippen LogP contribution is -2.38. The van der Waals surface area contributed by atoms with Crippen molar-refractivity contribution in [1.29, 1.82) is 0 Å². The first-order valence-corrected chi connectivity index (χ1v) is 8.78. The van der Waals surface area contributed by atoms with Crippen molar-refractivity contribution in [3.05, 3.63) is 18.2 Å². The van der Waals surface area contributed by atoms with Crippen LogP contribution in [0, 0.1) is 0 Å². The molecule has 0 amide bonds. The molecule has 118 valence electrons. The molecule has 2 aliphatic heterocycles. The second-order valence-electron chi connectivity index (χ2n) is 6.85. The highest BCUT2D eigenvalue weighted by Gasteiger charge is 2.26. The predicted molar refractivity (Wildman–Crippen MR) is 86.4 cm³/mol. The molecule has 0 radical (unpaired) electrons. The van der Waals surface area contributed by atoms with Gasteiger partial charge in [-0.25, -0.2) is 4.98 Å². The maximum atomic E-state index is 4.46. The van der Waals surface area contributed by atoms with Crippen LogP contribution < -0.4 is 5.32 Å². The number of imidazole rings is 1. The van der Waals surface area contributed by atoms with Crippen molar-refractivity contribution in [1.82, 2.24) is 19.8 Å². The van der Waals surface area contributed by atoms with Crippen molar-refractivity contribution in [2.75, 3.05) is 19.6 Å². The summed E-state index contributed by atoms with van der Waals surface area (Å²) in [6.45, 7) is 8.31. The third-order valence-electron chi connectivity index (χ3n) is 5.16. The van der Waals surface area contributed by atoms with E-state index >= 15 is 0 Å². The van der Waals surface area contributed by atoms with Crippen molar-refractivity contribution in [3.8, 4) is 0 Å². The summed E-state index contributed by atoms with van der Waals surface area (Å²) < 4.78 is 2.47. The van der Waals surface area contributed by atoms with E-state index in [9.17, 15) is 0 Å². The Hall–Kier alpha value is -0.870. The molecule has 2 saturated heterocycles. The highest BCUT2D eigenvalue weighted by atomic mass is 15.2. The van der Waals surface area contributed by atoms with Crippen LogP contribution in [0.25, 0.3) is 0 Å². The fourth-order valence-corrected chi connectivity index (χ4v) is 4.00. The quantitative estimate of drug-likeness (QED) is 0.925. The minimum Gasteiger partial charge on any atom is -0.330 e. The number of piperidine rings is 2. The average Bonchev–Trinajstić information content (AvgIpc) is 2.98. The summed E-state index contributed by atoms with van der Waals surface area (Å²) in [7, 11) is 0. The smallest absolute Gasteiger partial charge is 0.0951 e. The van der Waals surface area contributed by atoms with Crippen molar-refractivity contribution in [2.45, 2.75) is 70.5 Å². The molecule has 0 bridgehead atoms. The first-order valence-electron chi connectivity index (χ1n) is 8.78.